The third-order valence-electron chi connectivity index (χ3n) is 3.51. The topological polar surface area (TPSA) is 60.2 Å². The fraction of sp³-hybridized carbons (Fsp3) is 0.400. The van der Waals surface area contributed by atoms with Crippen molar-refractivity contribution in [3.63, 3.8) is 0 Å². The molecule has 1 aromatic heterocycles. The minimum Gasteiger partial charge on any atom is -0.372 e. The Morgan fingerprint density at radius 1 is 1.29 bits per heavy atom. The number of rotatable bonds is 2. The van der Waals surface area contributed by atoms with Gasteiger partial charge in [-0.05, 0) is 38.1 Å². The molecule has 1 saturated heterocycles. The van der Waals surface area contributed by atoms with Crippen LogP contribution in [0.1, 0.15) is 24.2 Å². The summed E-state index contributed by atoms with van der Waals surface area (Å²) in [7, 11) is 0. The molecule has 2 aromatic rings. The first-order chi connectivity index (χ1) is 10.1. The maximum Gasteiger partial charge on any atom is 0.254 e. The molecule has 0 unspecified atom stereocenters. The molecule has 1 fully saturated rings. The van der Waals surface area contributed by atoms with Crippen molar-refractivity contribution in [3.05, 3.63) is 42.2 Å². The highest BCUT2D eigenvalue weighted by Gasteiger charge is 2.30. The summed E-state index contributed by atoms with van der Waals surface area (Å²) in [5.74, 6) is 0.0384. The van der Waals surface area contributed by atoms with E-state index in [1.54, 1.807) is 17.1 Å². The molecule has 110 valence electrons. The molecule has 0 spiro atoms. The van der Waals surface area contributed by atoms with E-state index in [0.717, 1.165) is 5.69 Å². The van der Waals surface area contributed by atoms with E-state index in [2.05, 4.69) is 10.3 Å². The average molecular weight is 286 g/mol. The summed E-state index contributed by atoms with van der Waals surface area (Å²) in [5.41, 5.74) is 1.28. The van der Waals surface area contributed by atoms with Gasteiger partial charge in [0.2, 0.25) is 0 Å². The smallest absolute Gasteiger partial charge is 0.254 e. The maximum atomic E-state index is 12.5. The van der Waals surface area contributed by atoms with Crippen LogP contribution in [0, 0.1) is 0 Å². The summed E-state index contributed by atoms with van der Waals surface area (Å²) < 4.78 is 7.30. The van der Waals surface area contributed by atoms with Crippen molar-refractivity contribution in [2.45, 2.75) is 19.4 Å². The van der Waals surface area contributed by atoms with Crippen molar-refractivity contribution >= 4 is 5.91 Å². The molecule has 2 heterocycles. The number of hydrogen-bond acceptors (Lipinski definition) is 4. The van der Waals surface area contributed by atoms with Gasteiger partial charge >= 0.3 is 0 Å². The lowest BCUT2D eigenvalue weighted by atomic mass is 10.1. The molecule has 6 nitrogen and oxygen atoms in total. The standard InChI is InChI=1S/C15H18N4O2/c1-15(2)11-18(9-10-21-15)14(20)12-3-5-13(6-4-12)19-8-7-16-17-19/h3-8H,9-11H2,1-2H3. The van der Waals surface area contributed by atoms with Gasteiger partial charge < -0.3 is 9.64 Å². The SMILES string of the molecule is CC1(C)CN(C(=O)c2ccc(-n3ccnn3)cc2)CCO1. The molecule has 0 atom stereocenters. The van der Waals surface area contributed by atoms with Gasteiger partial charge in [0.15, 0.2) is 0 Å². The number of morpholine rings is 1. The van der Waals surface area contributed by atoms with Crippen LogP contribution in [0.3, 0.4) is 0 Å². The number of carbonyl (C=O) groups excluding carboxylic acids is 1. The Balaban J connectivity index is 1.76. The van der Waals surface area contributed by atoms with E-state index in [1.807, 2.05) is 43.0 Å². The van der Waals surface area contributed by atoms with Gasteiger partial charge in [0.25, 0.3) is 5.91 Å². The second-order valence-electron chi connectivity index (χ2n) is 5.73. The molecular weight excluding hydrogens is 268 g/mol. The minimum atomic E-state index is -0.283. The van der Waals surface area contributed by atoms with Crippen molar-refractivity contribution in [1.82, 2.24) is 19.9 Å². The van der Waals surface area contributed by atoms with E-state index < -0.39 is 0 Å². The third-order valence-corrected chi connectivity index (χ3v) is 3.51. The fourth-order valence-electron chi connectivity index (χ4n) is 2.48. The van der Waals surface area contributed by atoms with Crippen LogP contribution in [-0.4, -0.2) is 51.1 Å². The van der Waals surface area contributed by atoms with Crippen LogP contribution in [-0.2, 0) is 4.74 Å². The van der Waals surface area contributed by atoms with Gasteiger partial charge in [0, 0.05) is 18.7 Å². The Bertz CT molecular complexity index is 620. The highest BCUT2D eigenvalue weighted by atomic mass is 16.5. The van der Waals surface area contributed by atoms with Crippen LogP contribution in [0.25, 0.3) is 5.69 Å². The average Bonchev–Trinajstić information content (AvgIpc) is 3.00. The van der Waals surface area contributed by atoms with Crippen molar-refractivity contribution < 1.29 is 9.53 Å². The molecule has 1 aliphatic heterocycles. The first kappa shape index (κ1) is 13.8. The molecule has 1 aromatic carbocycles. The molecular formula is C15H18N4O2. The Hall–Kier alpha value is -2.21. The highest BCUT2D eigenvalue weighted by molar-refractivity contribution is 5.94. The lowest BCUT2D eigenvalue weighted by Gasteiger charge is -2.38. The van der Waals surface area contributed by atoms with Gasteiger partial charge in [-0.15, -0.1) is 5.10 Å². The summed E-state index contributed by atoms with van der Waals surface area (Å²) in [6.45, 7) is 5.82. The molecule has 0 saturated carbocycles. The van der Waals surface area contributed by atoms with Crippen LogP contribution in [0.5, 0.6) is 0 Å². The quantitative estimate of drug-likeness (QED) is 0.840. The Morgan fingerprint density at radius 3 is 2.67 bits per heavy atom. The number of amides is 1. The summed E-state index contributed by atoms with van der Waals surface area (Å²) in [6.07, 6.45) is 3.39. The van der Waals surface area contributed by atoms with Gasteiger partial charge in [-0.1, -0.05) is 5.21 Å². The van der Waals surface area contributed by atoms with Crippen LogP contribution >= 0.6 is 0 Å². The van der Waals surface area contributed by atoms with Gasteiger partial charge in [-0.3, -0.25) is 4.79 Å². The molecule has 0 bridgehead atoms. The van der Waals surface area contributed by atoms with Crippen molar-refractivity contribution in [3.8, 4) is 5.69 Å². The molecule has 0 aliphatic carbocycles. The van der Waals surface area contributed by atoms with Gasteiger partial charge in [-0.2, -0.15) is 0 Å². The Morgan fingerprint density at radius 2 is 2.05 bits per heavy atom. The first-order valence-corrected chi connectivity index (χ1v) is 6.95. The van der Waals surface area contributed by atoms with Gasteiger partial charge in [0.1, 0.15) is 0 Å². The molecule has 0 radical (unpaired) electrons. The van der Waals surface area contributed by atoms with Crippen molar-refractivity contribution in [1.29, 1.82) is 0 Å². The zero-order valence-corrected chi connectivity index (χ0v) is 12.2. The number of ether oxygens (including phenoxy) is 1. The van der Waals surface area contributed by atoms with Crippen LogP contribution in [0.4, 0.5) is 0 Å². The summed E-state index contributed by atoms with van der Waals surface area (Å²) in [4.78, 5) is 14.4. The van der Waals surface area contributed by atoms with Crippen LogP contribution < -0.4 is 0 Å². The van der Waals surface area contributed by atoms with E-state index in [1.165, 1.54) is 0 Å². The summed E-state index contributed by atoms with van der Waals surface area (Å²) >= 11 is 0. The van der Waals surface area contributed by atoms with E-state index >= 15 is 0 Å². The maximum absolute atomic E-state index is 12.5. The summed E-state index contributed by atoms with van der Waals surface area (Å²) in [5, 5.41) is 7.69. The predicted molar refractivity (Wildman–Crippen MR) is 77.3 cm³/mol. The summed E-state index contributed by atoms with van der Waals surface area (Å²) in [6, 6.07) is 7.38. The Labute approximate surface area is 123 Å². The predicted octanol–water partition coefficient (Wildman–Crippen LogP) is 1.52. The normalized spacial score (nSPS) is 17.7. The fourth-order valence-corrected chi connectivity index (χ4v) is 2.48. The first-order valence-electron chi connectivity index (χ1n) is 6.95. The van der Waals surface area contributed by atoms with Crippen molar-refractivity contribution in [2.75, 3.05) is 19.7 Å². The molecule has 1 aliphatic rings. The zero-order chi connectivity index (χ0) is 14.9. The van der Waals surface area contributed by atoms with E-state index in [-0.39, 0.29) is 11.5 Å². The second kappa shape index (κ2) is 5.29. The molecule has 0 N–H and O–H groups in total. The largest absolute Gasteiger partial charge is 0.372 e. The van der Waals surface area contributed by atoms with Crippen LogP contribution in [0.15, 0.2) is 36.7 Å². The number of carbonyl (C=O) groups is 1. The lowest BCUT2D eigenvalue weighted by Crippen LogP contribution is -2.50. The van der Waals surface area contributed by atoms with Crippen molar-refractivity contribution in [2.24, 2.45) is 0 Å². The van der Waals surface area contributed by atoms with Gasteiger partial charge in [-0.25, -0.2) is 4.68 Å². The lowest BCUT2D eigenvalue weighted by molar-refractivity contribution is -0.0764. The highest BCUT2D eigenvalue weighted by Crippen LogP contribution is 2.19. The molecule has 21 heavy (non-hydrogen) atoms. The van der Waals surface area contributed by atoms with E-state index in [0.29, 0.717) is 25.3 Å². The molecule has 1 amide bonds. The molecule has 6 heteroatoms. The number of nitrogens with zero attached hydrogens (tertiary/aromatic N) is 4. The number of aromatic nitrogens is 3. The Kier molecular flexibility index (Phi) is 3.47. The minimum absolute atomic E-state index is 0.0384. The van der Waals surface area contributed by atoms with E-state index in [9.17, 15) is 4.79 Å². The molecule has 3 rings (SSSR count). The van der Waals surface area contributed by atoms with E-state index in [4.69, 9.17) is 4.74 Å². The zero-order valence-electron chi connectivity index (χ0n) is 12.2. The van der Waals surface area contributed by atoms with Crippen LogP contribution in [0.2, 0.25) is 0 Å². The third kappa shape index (κ3) is 2.95. The van der Waals surface area contributed by atoms with Gasteiger partial charge in [0.05, 0.1) is 30.3 Å². The second-order valence-corrected chi connectivity index (χ2v) is 5.73. The number of benzene rings is 1. The number of hydrogen-bond donors (Lipinski definition) is 0. The monoisotopic (exact) mass is 286 g/mol.